The van der Waals surface area contributed by atoms with Gasteiger partial charge in [-0.1, -0.05) is 77.4 Å². The standard InChI is InChI=1S/C28H39BrN2O3/c1-8-24(27(33)30-16-19(2)3)31(17-21-11-9-10-20(4)14-21)26(32)18-34-25-13-12-22(15-23(25)29)28(5,6)7/h9-15,19,24H,8,16-18H2,1-7H3,(H,30,33)/t24-/m0/s1. The average molecular weight is 532 g/mol. The summed E-state index contributed by atoms with van der Waals surface area (Å²) in [6.45, 7) is 15.3. The van der Waals surface area contributed by atoms with Crippen molar-refractivity contribution >= 4 is 27.7 Å². The molecular formula is C28H39BrN2O3. The third-order valence-corrected chi connectivity index (χ3v) is 6.27. The van der Waals surface area contributed by atoms with Gasteiger partial charge in [0.15, 0.2) is 6.61 Å². The highest BCUT2D eigenvalue weighted by Gasteiger charge is 2.29. The van der Waals surface area contributed by atoms with Gasteiger partial charge in [0, 0.05) is 13.1 Å². The summed E-state index contributed by atoms with van der Waals surface area (Å²) in [4.78, 5) is 28.0. The van der Waals surface area contributed by atoms with Crippen LogP contribution in [-0.4, -0.2) is 35.9 Å². The molecule has 0 bridgehead atoms. The van der Waals surface area contributed by atoms with Gasteiger partial charge in [0.1, 0.15) is 11.8 Å². The summed E-state index contributed by atoms with van der Waals surface area (Å²) in [6, 6.07) is 13.4. The first-order valence-corrected chi connectivity index (χ1v) is 12.8. The number of halogens is 1. The molecule has 0 radical (unpaired) electrons. The number of carbonyl (C=O) groups excluding carboxylic acids is 2. The first kappa shape index (κ1) is 27.9. The number of hydrogen-bond donors (Lipinski definition) is 1. The molecule has 186 valence electrons. The molecule has 2 aromatic rings. The Hall–Kier alpha value is -2.34. The van der Waals surface area contributed by atoms with E-state index in [2.05, 4.69) is 42.0 Å². The summed E-state index contributed by atoms with van der Waals surface area (Å²) >= 11 is 3.57. The van der Waals surface area contributed by atoms with Crippen LogP contribution >= 0.6 is 15.9 Å². The second-order valence-electron chi connectivity index (χ2n) is 10.3. The lowest BCUT2D eigenvalue weighted by Crippen LogP contribution is -2.50. The summed E-state index contributed by atoms with van der Waals surface area (Å²) in [6.07, 6.45) is 0.519. The fourth-order valence-electron chi connectivity index (χ4n) is 3.66. The number of nitrogens with zero attached hydrogens (tertiary/aromatic N) is 1. The van der Waals surface area contributed by atoms with Crippen LogP contribution in [-0.2, 0) is 21.5 Å². The zero-order valence-electron chi connectivity index (χ0n) is 21.6. The van der Waals surface area contributed by atoms with Crippen molar-refractivity contribution in [1.82, 2.24) is 10.2 Å². The van der Waals surface area contributed by atoms with E-state index in [-0.39, 0.29) is 23.8 Å². The minimum absolute atomic E-state index is 0.0131. The highest BCUT2D eigenvalue weighted by atomic mass is 79.9. The Bertz CT molecular complexity index is 982. The van der Waals surface area contributed by atoms with Gasteiger partial charge >= 0.3 is 0 Å². The average Bonchev–Trinajstić information content (AvgIpc) is 2.75. The first-order chi connectivity index (χ1) is 15.9. The van der Waals surface area contributed by atoms with Crippen LogP contribution in [0.2, 0.25) is 0 Å². The molecular weight excluding hydrogens is 492 g/mol. The van der Waals surface area contributed by atoms with E-state index in [0.717, 1.165) is 15.6 Å². The van der Waals surface area contributed by atoms with Crippen LogP contribution < -0.4 is 10.1 Å². The van der Waals surface area contributed by atoms with Gasteiger partial charge in [-0.3, -0.25) is 9.59 Å². The minimum Gasteiger partial charge on any atom is -0.483 e. The van der Waals surface area contributed by atoms with Crippen molar-refractivity contribution in [3.8, 4) is 5.75 Å². The van der Waals surface area contributed by atoms with Gasteiger partial charge < -0.3 is 15.0 Å². The molecule has 0 aliphatic heterocycles. The third kappa shape index (κ3) is 8.15. The second-order valence-corrected chi connectivity index (χ2v) is 11.1. The number of ether oxygens (including phenoxy) is 1. The molecule has 0 fully saturated rings. The van der Waals surface area contributed by atoms with Gasteiger partial charge in [0.05, 0.1) is 4.47 Å². The number of benzene rings is 2. The predicted molar refractivity (Wildman–Crippen MR) is 142 cm³/mol. The molecule has 0 aromatic heterocycles. The van der Waals surface area contributed by atoms with E-state index in [1.54, 1.807) is 4.90 Å². The van der Waals surface area contributed by atoms with E-state index < -0.39 is 6.04 Å². The normalized spacial score (nSPS) is 12.4. The van der Waals surface area contributed by atoms with Crippen LogP contribution in [0.15, 0.2) is 46.9 Å². The van der Waals surface area contributed by atoms with E-state index in [1.807, 2.05) is 70.2 Å². The Labute approximate surface area is 213 Å². The monoisotopic (exact) mass is 530 g/mol. The zero-order valence-corrected chi connectivity index (χ0v) is 23.2. The van der Waals surface area contributed by atoms with Crippen LogP contribution in [0.3, 0.4) is 0 Å². The molecule has 0 saturated heterocycles. The summed E-state index contributed by atoms with van der Waals surface area (Å²) in [7, 11) is 0. The number of carbonyl (C=O) groups is 2. The molecule has 0 heterocycles. The lowest BCUT2D eigenvalue weighted by atomic mass is 9.87. The largest absolute Gasteiger partial charge is 0.483 e. The Morgan fingerprint density at radius 3 is 2.38 bits per heavy atom. The van der Waals surface area contributed by atoms with Crippen molar-refractivity contribution in [3.63, 3.8) is 0 Å². The topological polar surface area (TPSA) is 58.6 Å². The van der Waals surface area contributed by atoms with Crippen LogP contribution in [0.4, 0.5) is 0 Å². The number of rotatable bonds is 10. The molecule has 5 nitrogen and oxygen atoms in total. The first-order valence-electron chi connectivity index (χ1n) is 12.0. The molecule has 0 aliphatic carbocycles. The maximum Gasteiger partial charge on any atom is 0.261 e. The van der Waals surface area contributed by atoms with Crippen LogP contribution in [0, 0.1) is 12.8 Å². The van der Waals surface area contributed by atoms with Gasteiger partial charge in [-0.05, 0) is 63.9 Å². The fraction of sp³-hybridized carbons (Fsp3) is 0.500. The highest BCUT2D eigenvalue weighted by Crippen LogP contribution is 2.31. The van der Waals surface area contributed by atoms with E-state index in [9.17, 15) is 9.59 Å². The lowest BCUT2D eigenvalue weighted by molar-refractivity contribution is -0.143. The summed E-state index contributed by atoms with van der Waals surface area (Å²) < 4.78 is 6.72. The number of hydrogen-bond acceptors (Lipinski definition) is 3. The van der Waals surface area contributed by atoms with Gasteiger partial charge in [0.25, 0.3) is 5.91 Å². The van der Waals surface area contributed by atoms with Crippen molar-refractivity contribution in [2.24, 2.45) is 5.92 Å². The van der Waals surface area contributed by atoms with Gasteiger partial charge in [-0.2, -0.15) is 0 Å². The number of aryl methyl sites for hydroxylation is 1. The van der Waals surface area contributed by atoms with E-state index >= 15 is 0 Å². The maximum atomic E-state index is 13.4. The van der Waals surface area contributed by atoms with Crippen molar-refractivity contribution < 1.29 is 14.3 Å². The van der Waals surface area contributed by atoms with Crippen molar-refractivity contribution in [2.45, 2.75) is 72.9 Å². The third-order valence-electron chi connectivity index (χ3n) is 5.65. The molecule has 0 spiro atoms. The van der Waals surface area contributed by atoms with Gasteiger partial charge in [0.2, 0.25) is 5.91 Å². The molecule has 2 amide bonds. The Morgan fingerprint density at radius 1 is 1.12 bits per heavy atom. The molecule has 0 saturated carbocycles. The van der Waals surface area contributed by atoms with Crippen molar-refractivity contribution in [3.05, 3.63) is 63.6 Å². The number of nitrogens with one attached hydrogen (secondary N) is 1. The van der Waals surface area contributed by atoms with Crippen LogP contribution in [0.25, 0.3) is 0 Å². The summed E-state index contributed by atoms with van der Waals surface area (Å²) in [5, 5.41) is 2.99. The molecule has 34 heavy (non-hydrogen) atoms. The quantitative estimate of drug-likeness (QED) is 0.408. The van der Waals surface area contributed by atoms with Crippen LogP contribution in [0.5, 0.6) is 5.75 Å². The Balaban J connectivity index is 2.23. The molecule has 0 aliphatic rings. The molecule has 1 N–H and O–H groups in total. The second kappa shape index (κ2) is 12.4. The summed E-state index contributed by atoms with van der Waals surface area (Å²) in [5.41, 5.74) is 3.28. The van der Waals surface area contributed by atoms with Gasteiger partial charge in [-0.25, -0.2) is 0 Å². The minimum atomic E-state index is -0.568. The molecule has 1 atom stereocenters. The zero-order chi connectivity index (χ0) is 25.5. The van der Waals surface area contributed by atoms with Crippen molar-refractivity contribution in [1.29, 1.82) is 0 Å². The smallest absolute Gasteiger partial charge is 0.261 e. The van der Waals surface area contributed by atoms with E-state index in [0.29, 0.717) is 31.2 Å². The summed E-state index contributed by atoms with van der Waals surface area (Å²) in [5.74, 6) is 0.584. The molecule has 6 heteroatoms. The maximum absolute atomic E-state index is 13.4. The predicted octanol–water partition coefficient (Wildman–Crippen LogP) is 6.01. The molecule has 2 rings (SSSR count). The van der Waals surface area contributed by atoms with Crippen LogP contribution in [0.1, 0.15) is 64.7 Å². The van der Waals surface area contributed by atoms with Crippen molar-refractivity contribution in [2.75, 3.05) is 13.2 Å². The Kier molecular flexibility index (Phi) is 10.2. The molecule has 2 aromatic carbocycles. The number of amides is 2. The highest BCUT2D eigenvalue weighted by molar-refractivity contribution is 9.10. The van der Waals surface area contributed by atoms with Gasteiger partial charge in [-0.15, -0.1) is 0 Å². The fourth-order valence-corrected chi connectivity index (χ4v) is 4.15. The lowest BCUT2D eigenvalue weighted by Gasteiger charge is -2.31. The Morgan fingerprint density at radius 2 is 1.82 bits per heavy atom. The molecule has 0 unspecified atom stereocenters. The SMILES string of the molecule is CC[C@@H](C(=O)NCC(C)C)N(Cc1cccc(C)c1)C(=O)COc1ccc(C(C)(C)C)cc1Br. The van der Waals surface area contributed by atoms with E-state index in [4.69, 9.17) is 4.74 Å². The van der Waals surface area contributed by atoms with E-state index in [1.165, 1.54) is 5.56 Å².